The highest BCUT2D eigenvalue weighted by Gasteiger charge is 2.20. The van der Waals surface area contributed by atoms with Gasteiger partial charge in [0.25, 0.3) is 0 Å². The third-order valence-corrected chi connectivity index (χ3v) is 0.474. The van der Waals surface area contributed by atoms with Crippen LogP contribution >= 0.6 is 0 Å². The Morgan fingerprint density at radius 2 is 1.88 bits per heavy atom. The fraction of sp³-hybridized carbons (Fsp3) is 0.400. The number of allylic oxidation sites excluding steroid dienone is 2. The molecule has 0 aromatic carbocycles. The smallest absolute Gasteiger partial charge is 0.167 e. The average molecular weight is 123 g/mol. The quantitative estimate of drug-likeness (QED) is 0.469. The topological polar surface area (TPSA) is 0 Å². The van der Waals surface area contributed by atoms with Crippen molar-refractivity contribution in [2.75, 3.05) is 0 Å². The van der Waals surface area contributed by atoms with Gasteiger partial charge in [-0.2, -0.15) is 13.2 Å². The molecule has 0 spiro atoms. The minimum atomic E-state index is -4.17. The van der Waals surface area contributed by atoms with Crippen molar-refractivity contribution in [3.8, 4) is 0 Å². The van der Waals surface area contributed by atoms with Crippen molar-refractivity contribution < 1.29 is 13.2 Å². The number of halogens is 3. The minimum absolute atomic E-state index is 0.180. The molecule has 3 heteroatoms. The summed E-state index contributed by atoms with van der Waals surface area (Å²) < 4.78 is 33.4. The second kappa shape index (κ2) is 2.74. The predicted octanol–water partition coefficient (Wildman–Crippen LogP) is 2.33. The van der Waals surface area contributed by atoms with Crippen molar-refractivity contribution in [1.82, 2.24) is 0 Å². The predicted molar refractivity (Wildman–Crippen MR) is 25.2 cm³/mol. The molecule has 0 aromatic rings. The van der Waals surface area contributed by atoms with Crippen LogP contribution in [-0.2, 0) is 0 Å². The van der Waals surface area contributed by atoms with E-state index in [1.807, 2.05) is 0 Å². The normalized spacial score (nSPS) is 13.0. The van der Waals surface area contributed by atoms with Crippen LogP contribution in [0.1, 0.15) is 6.42 Å². The number of hydrogen-bond acceptors (Lipinski definition) is 0. The van der Waals surface area contributed by atoms with E-state index in [0.717, 1.165) is 6.08 Å². The van der Waals surface area contributed by atoms with Crippen molar-refractivity contribution in [1.29, 1.82) is 0 Å². The maximum atomic E-state index is 11.1. The molecule has 47 valence electrons. The second-order valence-corrected chi connectivity index (χ2v) is 1.23. The van der Waals surface area contributed by atoms with Gasteiger partial charge in [0.1, 0.15) is 0 Å². The first-order chi connectivity index (χ1) is 3.56. The van der Waals surface area contributed by atoms with Crippen LogP contribution in [0.4, 0.5) is 13.2 Å². The van der Waals surface area contributed by atoms with E-state index in [9.17, 15) is 13.2 Å². The third-order valence-electron chi connectivity index (χ3n) is 0.474. The molecule has 0 rings (SSSR count). The monoisotopic (exact) mass is 123 g/mol. The summed E-state index contributed by atoms with van der Waals surface area (Å²) in [5, 5.41) is 0. The molecule has 0 bridgehead atoms. The van der Waals surface area contributed by atoms with Crippen LogP contribution in [-0.4, -0.2) is 6.18 Å². The summed E-state index contributed by atoms with van der Waals surface area (Å²) in [5.74, 6) is 0. The molecule has 0 heterocycles. The minimum Gasteiger partial charge on any atom is -0.167 e. The van der Waals surface area contributed by atoms with Gasteiger partial charge < -0.3 is 0 Å². The Bertz CT molecular complexity index is 80.2. The fourth-order valence-corrected chi connectivity index (χ4v) is 0.217. The highest BCUT2D eigenvalue weighted by molar-refractivity contribution is 4.88. The molecule has 0 atom stereocenters. The van der Waals surface area contributed by atoms with Crippen LogP contribution in [0.3, 0.4) is 0 Å². The van der Waals surface area contributed by atoms with E-state index >= 15 is 0 Å². The lowest BCUT2D eigenvalue weighted by Crippen LogP contribution is -1.99. The lowest BCUT2D eigenvalue weighted by Gasteiger charge is -1.94. The summed E-state index contributed by atoms with van der Waals surface area (Å²) >= 11 is 0. The van der Waals surface area contributed by atoms with E-state index in [2.05, 4.69) is 6.92 Å². The summed E-state index contributed by atoms with van der Waals surface area (Å²) in [6.07, 6.45) is -2.84. The first-order valence-electron chi connectivity index (χ1n) is 2.10. The summed E-state index contributed by atoms with van der Waals surface area (Å²) in [6.45, 7) is 3.20. The zero-order valence-corrected chi connectivity index (χ0v) is 4.20. The standard InChI is InChI=1S/C5H6F3/c1-2-3-4-5(6,7)8/h3-4H,1-2H2/b4-3+. The zero-order valence-electron chi connectivity index (χ0n) is 4.20. The largest absolute Gasteiger partial charge is 0.409 e. The number of alkyl halides is 3. The molecule has 0 aromatic heterocycles. The van der Waals surface area contributed by atoms with Crippen LogP contribution in [0.2, 0.25) is 0 Å². The molecule has 0 unspecified atom stereocenters. The second-order valence-electron chi connectivity index (χ2n) is 1.23. The van der Waals surface area contributed by atoms with Crippen molar-refractivity contribution >= 4 is 0 Å². The fourth-order valence-electron chi connectivity index (χ4n) is 0.217. The zero-order chi connectivity index (χ0) is 6.62. The van der Waals surface area contributed by atoms with Gasteiger partial charge in [-0.1, -0.05) is 6.08 Å². The van der Waals surface area contributed by atoms with Crippen LogP contribution in [0.5, 0.6) is 0 Å². The van der Waals surface area contributed by atoms with Gasteiger partial charge >= 0.3 is 6.18 Å². The highest BCUT2D eigenvalue weighted by atomic mass is 19.4. The molecule has 0 fully saturated rings. The van der Waals surface area contributed by atoms with Gasteiger partial charge in [0.2, 0.25) is 0 Å². The molecule has 0 aliphatic carbocycles. The summed E-state index contributed by atoms with van der Waals surface area (Å²) in [4.78, 5) is 0. The molecule has 8 heavy (non-hydrogen) atoms. The maximum Gasteiger partial charge on any atom is 0.409 e. The van der Waals surface area contributed by atoms with Crippen LogP contribution in [0, 0.1) is 6.92 Å². The highest BCUT2D eigenvalue weighted by Crippen LogP contribution is 2.15. The molecule has 0 nitrogen and oxygen atoms in total. The maximum absolute atomic E-state index is 11.1. The summed E-state index contributed by atoms with van der Waals surface area (Å²) in [5.41, 5.74) is 0. The van der Waals surface area contributed by atoms with Crippen molar-refractivity contribution in [3.63, 3.8) is 0 Å². The molecule has 1 radical (unpaired) electrons. The SMILES string of the molecule is [CH2]C/C=C/C(F)(F)F. The third kappa shape index (κ3) is 5.53. The first-order valence-corrected chi connectivity index (χ1v) is 2.10. The van der Waals surface area contributed by atoms with Crippen molar-refractivity contribution in [3.05, 3.63) is 19.1 Å². The summed E-state index contributed by atoms with van der Waals surface area (Å²) in [7, 11) is 0. The van der Waals surface area contributed by atoms with Crippen LogP contribution in [0.15, 0.2) is 12.2 Å². The van der Waals surface area contributed by atoms with Gasteiger partial charge in [-0.15, -0.1) is 0 Å². The Morgan fingerprint density at radius 1 is 1.38 bits per heavy atom. The molecule has 0 amide bonds. The van der Waals surface area contributed by atoms with Crippen LogP contribution < -0.4 is 0 Å². The molecule has 0 aliphatic rings. The van der Waals surface area contributed by atoms with E-state index < -0.39 is 6.18 Å². The molecule has 0 N–H and O–H groups in total. The van der Waals surface area contributed by atoms with E-state index in [1.54, 1.807) is 0 Å². The van der Waals surface area contributed by atoms with Gasteiger partial charge in [-0.3, -0.25) is 0 Å². The van der Waals surface area contributed by atoms with E-state index in [-0.39, 0.29) is 12.5 Å². The first kappa shape index (κ1) is 7.53. The van der Waals surface area contributed by atoms with Crippen molar-refractivity contribution in [2.45, 2.75) is 12.6 Å². The van der Waals surface area contributed by atoms with Gasteiger partial charge in [0.15, 0.2) is 0 Å². The Labute approximate surface area is 46.0 Å². The van der Waals surface area contributed by atoms with Gasteiger partial charge in [-0.05, 0) is 13.3 Å². The summed E-state index contributed by atoms with van der Waals surface area (Å²) in [6, 6.07) is 0. The average Bonchev–Trinajstić information content (AvgIpc) is 1.59. The Kier molecular flexibility index (Phi) is 2.58. The molecule has 0 saturated heterocycles. The van der Waals surface area contributed by atoms with Gasteiger partial charge in [0.05, 0.1) is 0 Å². The number of rotatable bonds is 1. The molecular formula is C5H6F3. The van der Waals surface area contributed by atoms with E-state index in [1.165, 1.54) is 0 Å². The van der Waals surface area contributed by atoms with Crippen molar-refractivity contribution in [2.24, 2.45) is 0 Å². The molecule has 0 saturated carbocycles. The van der Waals surface area contributed by atoms with Gasteiger partial charge in [0, 0.05) is 6.08 Å². The van der Waals surface area contributed by atoms with E-state index in [0.29, 0.717) is 0 Å². The molecule has 0 aliphatic heterocycles. The lowest BCUT2D eigenvalue weighted by molar-refractivity contribution is -0.0799. The number of hydrogen-bond donors (Lipinski definition) is 0. The Balaban J connectivity index is 3.52. The Morgan fingerprint density at radius 3 is 2.00 bits per heavy atom. The van der Waals surface area contributed by atoms with Gasteiger partial charge in [-0.25, -0.2) is 0 Å². The Hall–Kier alpha value is -0.470. The van der Waals surface area contributed by atoms with E-state index in [4.69, 9.17) is 0 Å². The lowest BCUT2D eigenvalue weighted by atomic mass is 10.4. The van der Waals surface area contributed by atoms with Crippen LogP contribution in [0.25, 0.3) is 0 Å². The molecular weight excluding hydrogens is 117 g/mol.